The van der Waals surface area contributed by atoms with Gasteiger partial charge in [-0.1, -0.05) is 53.5 Å². The van der Waals surface area contributed by atoms with E-state index in [4.69, 9.17) is 42.1 Å². The van der Waals surface area contributed by atoms with Crippen LogP contribution in [0.5, 0.6) is 17.2 Å². The quantitative estimate of drug-likeness (QED) is 0.102. The Bertz CT molecular complexity index is 1530. The number of para-hydroxylation sites is 1. The van der Waals surface area contributed by atoms with E-state index in [2.05, 4.69) is 5.32 Å². The van der Waals surface area contributed by atoms with E-state index < -0.39 is 12.1 Å². The molecule has 0 fully saturated rings. The van der Waals surface area contributed by atoms with E-state index in [1.54, 1.807) is 66.4 Å². The molecule has 4 rings (SSSR count). The highest BCUT2D eigenvalue weighted by atomic mass is 35.5. The van der Waals surface area contributed by atoms with Gasteiger partial charge in [-0.15, -0.1) is 0 Å². The van der Waals surface area contributed by atoms with Crippen molar-refractivity contribution in [2.24, 2.45) is 0 Å². The minimum atomic E-state index is -0.999. The number of aliphatic carboxylic acids is 1. The first-order valence-electron chi connectivity index (χ1n) is 15.3. The van der Waals surface area contributed by atoms with Crippen LogP contribution >= 0.6 is 23.2 Å². The van der Waals surface area contributed by atoms with Crippen molar-refractivity contribution in [2.45, 2.75) is 32.5 Å². The number of hydrogen-bond donors (Lipinski definition) is 2. The van der Waals surface area contributed by atoms with Gasteiger partial charge in [0, 0.05) is 41.9 Å². The molecule has 47 heavy (non-hydrogen) atoms. The van der Waals surface area contributed by atoms with Gasteiger partial charge in [-0.2, -0.15) is 0 Å². The molecule has 0 spiro atoms. The number of carboxylic acid groups (broad SMARTS) is 1. The Hall–Kier alpha value is -4.28. The SMILES string of the molecule is CCOC(Cc1ccc(OCCN(CCCOCc2cc(Cl)cc(Cl)c2)C(=O)Nc2ccc(Oc3ccccc3)cc2)cc1)C(=O)O. The normalized spacial score (nSPS) is 11.5. The highest BCUT2D eigenvalue weighted by Gasteiger charge is 2.18. The molecule has 0 aliphatic heterocycles. The van der Waals surface area contributed by atoms with E-state index in [-0.39, 0.29) is 19.1 Å². The lowest BCUT2D eigenvalue weighted by Crippen LogP contribution is -2.39. The Balaban J connectivity index is 1.31. The third-order valence-corrected chi connectivity index (χ3v) is 7.33. The molecular weight excluding hydrogens is 643 g/mol. The van der Waals surface area contributed by atoms with Crippen LogP contribution in [0, 0.1) is 0 Å². The monoisotopic (exact) mass is 680 g/mol. The van der Waals surface area contributed by atoms with Crippen LogP contribution in [0.2, 0.25) is 10.0 Å². The summed E-state index contributed by atoms with van der Waals surface area (Å²) in [6, 6.07) is 28.8. The number of urea groups is 1. The van der Waals surface area contributed by atoms with Gasteiger partial charge < -0.3 is 34.3 Å². The van der Waals surface area contributed by atoms with Crippen molar-refractivity contribution >= 4 is 40.9 Å². The number of ether oxygens (including phenoxy) is 4. The molecular formula is C36H38Cl2N2O7. The molecule has 0 aliphatic rings. The molecule has 248 valence electrons. The Morgan fingerprint density at radius 1 is 0.809 bits per heavy atom. The van der Waals surface area contributed by atoms with Crippen LogP contribution in [0.1, 0.15) is 24.5 Å². The minimum Gasteiger partial charge on any atom is -0.492 e. The first kappa shape index (κ1) is 35.6. The van der Waals surface area contributed by atoms with E-state index in [1.807, 2.05) is 42.5 Å². The number of nitrogens with zero attached hydrogens (tertiary/aromatic N) is 1. The average molecular weight is 682 g/mol. The smallest absolute Gasteiger partial charge is 0.333 e. The lowest BCUT2D eigenvalue weighted by Gasteiger charge is -2.23. The number of anilines is 1. The maximum atomic E-state index is 13.3. The predicted molar refractivity (Wildman–Crippen MR) is 183 cm³/mol. The van der Waals surface area contributed by atoms with Crippen molar-refractivity contribution in [3.05, 3.63) is 118 Å². The minimum absolute atomic E-state index is 0.245. The highest BCUT2D eigenvalue weighted by Crippen LogP contribution is 2.23. The van der Waals surface area contributed by atoms with E-state index in [1.165, 1.54) is 0 Å². The average Bonchev–Trinajstić information content (AvgIpc) is 3.05. The maximum absolute atomic E-state index is 13.3. The largest absolute Gasteiger partial charge is 0.492 e. The first-order valence-corrected chi connectivity index (χ1v) is 16.0. The maximum Gasteiger partial charge on any atom is 0.333 e. The molecule has 1 atom stereocenters. The molecule has 0 bridgehead atoms. The molecule has 0 aliphatic carbocycles. The standard InChI is InChI=1S/C36H38Cl2N2O7/c1-2-45-34(35(41)42)23-26-9-13-31(14-10-26)46-20-18-40(17-6-19-44-25-27-21-28(37)24-29(38)22-27)36(43)39-30-11-15-33(16-12-30)47-32-7-4-3-5-8-32/h3-5,7-16,21-22,24,34H,2,6,17-20,23,25H2,1H3,(H,39,43)(H,41,42). The summed E-state index contributed by atoms with van der Waals surface area (Å²) in [5.41, 5.74) is 2.31. The van der Waals surface area contributed by atoms with Crippen LogP contribution in [0.4, 0.5) is 10.5 Å². The van der Waals surface area contributed by atoms with Crippen molar-refractivity contribution in [1.82, 2.24) is 4.90 Å². The summed E-state index contributed by atoms with van der Waals surface area (Å²) in [6.07, 6.45) is -0.0627. The van der Waals surface area contributed by atoms with Gasteiger partial charge in [-0.25, -0.2) is 9.59 Å². The fourth-order valence-corrected chi connectivity index (χ4v) is 5.19. The van der Waals surface area contributed by atoms with Gasteiger partial charge in [0.25, 0.3) is 0 Å². The number of carbonyl (C=O) groups excluding carboxylic acids is 1. The molecule has 0 saturated carbocycles. The van der Waals surface area contributed by atoms with Gasteiger partial charge in [0.05, 0.1) is 13.2 Å². The second-order valence-corrected chi connectivity index (χ2v) is 11.4. The fraction of sp³-hybridized carbons (Fsp3) is 0.278. The molecule has 2 N–H and O–H groups in total. The summed E-state index contributed by atoms with van der Waals surface area (Å²) in [7, 11) is 0. The Labute approximate surface area is 284 Å². The fourth-order valence-electron chi connectivity index (χ4n) is 4.62. The van der Waals surface area contributed by atoms with Gasteiger partial charge >= 0.3 is 12.0 Å². The highest BCUT2D eigenvalue weighted by molar-refractivity contribution is 6.34. The van der Waals surface area contributed by atoms with Gasteiger partial charge in [0.1, 0.15) is 23.9 Å². The van der Waals surface area contributed by atoms with Crippen LogP contribution in [0.15, 0.2) is 97.1 Å². The number of hydrogen-bond acceptors (Lipinski definition) is 6. The van der Waals surface area contributed by atoms with Crippen molar-refractivity contribution < 1.29 is 33.6 Å². The number of halogens is 2. The Morgan fingerprint density at radius 3 is 2.13 bits per heavy atom. The van der Waals surface area contributed by atoms with Crippen LogP contribution < -0.4 is 14.8 Å². The second kappa shape index (κ2) is 18.8. The number of rotatable bonds is 18. The first-order chi connectivity index (χ1) is 22.8. The van der Waals surface area contributed by atoms with Gasteiger partial charge in [-0.05, 0) is 91.2 Å². The zero-order valence-corrected chi connectivity index (χ0v) is 27.6. The Morgan fingerprint density at radius 2 is 1.47 bits per heavy atom. The molecule has 0 saturated heterocycles. The topological polar surface area (TPSA) is 107 Å². The summed E-state index contributed by atoms with van der Waals surface area (Å²) < 4.78 is 22.9. The lowest BCUT2D eigenvalue weighted by atomic mass is 10.1. The zero-order valence-electron chi connectivity index (χ0n) is 26.1. The summed E-state index contributed by atoms with van der Waals surface area (Å²) in [4.78, 5) is 26.4. The van der Waals surface area contributed by atoms with Crippen LogP contribution in [-0.2, 0) is 27.3 Å². The second-order valence-electron chi connectivity index (χ2n) is 10.5. The van der Waals surface area contributed by atoms with E-state index >= 15 is 0 Å². The Kier molecular flexibility index (Phi) is 14.2. The summed E-state index contributed by atoms with van der Waals surface area (Å²) >= 11 is 12.2. The molecule has 1 unspecified atom stereocenters. The summed E-state index contributed by atoms with van der Waals surface area (Å²) in [5, 5.41) is 13.4. The van der Waals surface area contributed by atoms with Gasteiger partial charge in [0.2, 0.25) is 0 Å². The molecule has 11 heteroatoms. The zero-order chi connectivity index (χ0) is 33.4. The van der Waals surface area contributed by atoms with E-state index in [0.29, 0.717) is 66.6 Å². The third kappa shape index (κ3) is 12.4. The van der Waals surface area contributed by atoms with E-state index in [0.717, 1.165) is 16.9 Å². The molecule has 0 heterocycles. The number of nitrogens with one attached hydrogen (secondary N) is 1. The molecule has 4 aromatic carbocycles. The van der Waals surface area contributed by atoms with Crippen molar-refractivity contribution in [1.29, 1.82) is 0 Å². The lowest BCUT2D eigenvalue weighted by molar-refractivity contribution is -0.149. The molecule has 4 aromatic rings. The molecule has 9 nitrogen and oxygen atoms in total. The summed E-state index contributed by atoms with van der Waals surface area (Å²) in [5.74, 6) is 0.983. The summed E-state index contributed by atoms with van der Waals surface area (Å²) in [6.45, 7) is 3.83. The van der Waals surface area contributed by atoms with Gasteiger partial charge in [0.15, 0.2) is 6.10 Å². The third-order valence-electron chi connectivity index (χ3n) is 6.90. The van der Waals surface area contributed by atoms with Crippen LogP contribution in [0.25, 0.3) is 0 Å². The number of benzene rings is 4. The molecule has 2 amide bonds. The predicted octanol–water partition coefficient (Wildman–Crippen LogP) is 8.34. The molecule has 0 radical (unpaired) electrons. The number of carboxylic acids is 1. The van der Waals surface area contributed by atoms with Gasteiger partial charge in [-0.3, -0.25) is 0 Å². The van der Waals surface area contributed by atoms with Crippen molar-refractivity contribution in [3.63, 3.8) is 0 Å². The van der Waals surface area contributed by atoms with Crippen molar-refractivity contribution in [2.75, 3.05) is 38.2 Å². The van der Waals surface area contributed by atoms with E-state index in [9.17, 15) is 14.7 Å². The van der Waals surface area contributed by atoms with Crippen molar-refractivity contribution in [3.8, 4) is 17.2 Å². The molecule has 0 aromatic heterocycles. The number of carbonyl (C=O) groups is 2. The number of amides is 2. The van der Waals surface area contributed by atoms with Crippen LogP contribution in [0.3, 0.4) is 0 Å². The van der Waals surface area contributed by atoms with Crippen LogP contribution in [-0.4, -0.2) is 61.0 Å².